The summed E-state index contributed by atoms with van der Waals surface area (Å²) in [4.78, 5) is 6.40. The number of aromatic nitrogens is 1. The van der Waals surface area contributed by atoms with Gasteiger partial charge in [-0.25, -0.2) is 0 Å². The molecule has 4 heteroatoms. The van der Waals surface area contributed by atoms with E-state index in [0.717, 1.165) is 29.6 Å². The number of fused-ring (bicyclic) bond motifs is 1. The number of pyridine rings is 1. The number of amidine groups is 1. The summed E-state index contributed by atoms with van der Waals surface area (Å²) in [5.74, 6) is 0.495. The molecule has 0 aliphatic carbocycles. The van der Waals surface area contributed by atoms with E-state index in [4.69, 9.17) is 10.1 Å². The van der Waals surface area contributed by atoms with Crippen molar-refractivity contribution < 1.29 is 4.74 Å². The van der Waals surface area contributed by atoms with Crippen LogP contribution in [-0.2, 0) is 4.74 Å². The maximum atomic E-state index is 8.31. The number of hydrogen-bond donors (Lipinski definition) is 1. The fraction of sp³-hybridized carbons (Fsp3) is 0.286. The number of hydrogen-bond acceptors (Lipinski definition) is 3. The minimum absolute atomic E-state index is 0.495. The first-order valence-corrected chi connectivity index (χ1v) is 6.11. The van der Waals surface area contributed by atoms with Crippen molar-refractivity contribution in [2.45, 2.75) is 0 Å². The van der Waals surface area contributed by atoms with Gasteiger partial charge in [0.1, 0.15) is 11.5 Å². The molecule has 4 nitrogen and oxygen atoms in total. The van der Waals surface area contributed by atoms with E-state index < -0.39 is 0 Å². The second-order valence-corrected chi connectivity index (χ2v) is 4.33. The van der Waals surface area contributed by atoms with E-state index in [-0.39, 0.29) is 0 Å². The Morgan fingerprint density at radius 3 is 2.78 bits per heavy atom. The van der Waals surface area contributed by atoms with E-state index in [9.17, 15) is 0 Å². The fourth-order valence-electron chi connectivity index (χ4n) is 2.25. The third-order valence-corrected chi connectivity index (χ3v) is 3.23. The van der Waals surface area contributed by atoms with Crippen LogP contribution in [0.2, 0.25) is 0 Å². The second-order valence-electron chi connectivity index (χ2n) is 4.33. The summed E-state index contributed by atoms with van der Waals surface area (Å²) >= 11 is 0. The van der Waals surface area contributed by atoms with Gasteiger partial charge in [0.15, 0.2) is 0 Å². The molecule has 1 N–H and O–H groups in total. The van der Waals surface area contributed by atoms with Crippen LogP contribution in [0.1, 0.15) is 5.69 Å². The molecule has 1 aliphatic rings. The maximum absolute atomic E-state index is 8.31. The third-order valence-electron chi connectivity index (χ3n) is 3.23. The molecule has 1 fully saturated rings. The van der Waals surface area contributed by atoms with Crippen molar-refractivity contribution in [1.29, 1.82) is 5.41 Å². The highest BCUT2D eigenvalue weighted by Gasteiger charge is 2.17. The van der Waals surface area contributed by atoms with Gasteiger partial charge in [0.05, 0.1) is 13.2 Å². The summed E-state index contributed by atoms with van der Waals surface area (Å²) in [5, 5.41) is 10.5. The Bertz CT molecular complexity index is 571. The highest BCUT2D eigenvalue weighted by atomic mass is 16.5. The number of benzene rings is 1. The van der Waals surface area contributed by atoms with Gasteiger partial charge in [0.25, 0.3) is 0 Å². The minimum Gasteiger partial charge on any atom is -0.378 e. The molecule has 2 heterocycles. The van der Waals surface area contributed by atoms with E-state index >= 15 is 0 Å². The highest BCUT2D eigenvalue weighted by Crippen LogP contribution is 2.18. The molecule has 0 unspecified atom stereocenters. The molecule has 2 aromatic rings. The molecular weight excluding hydrogens is 226 g/mol. The van der Waals surface area contributed by atoms with Gasteiger partial charge in [-0.3, -0.25) is 10.4 Å². The van der Waals surface area contributed by atoms with Gasteiger partial charge in [-0.1, -0.05) is 24.3 Å². The van der Waals surface area contributed by atoms with Crippen LogP contribution in [0.15, 0.2) is 36.5 Å². The number of rotatable bonds is 1. The zero-order valence-corrected chi connectivity index (χ0v) is 10.1. The Labute approximate surface area is 106 Å². The van der Waals surface area contributed by atoms with E-state index in [1.807, 2.05) is 35.2 Å². The molecule has 0 spiro atoms. The van der Waals surface area contributed by atoms with Crippen LogP contribution in [0.5, 0.6) is 0 Å². The van der Waals surface area contributed by atoms with Gasteiger partial charge in [-0.2, -0.15) is 0 Å². The average molecular weight is 241 g/mol. The molecule has 1 aromatic carbocycles. The highest BCUT2D eigenvalue weighted by molar-refractivity contribution is 6.06. The van der Waals surface area contributed by atoms with Crippen LogP contribution in [0.3, 0.4) is 0 Å². The van der Waals surface area contributed by atoms with Crippen LogP contribution in [-0.4, -0.2) is 42.0 Å². The summed E-state index contributed by atoms with van der Waals surface area (Å²) in [6.07, 6.45) is 1.77. The van der Waals surface area contributed by atoms with Crippen LogP contribution in [0.4, 0.5) is 0 Å². The second kappa shape index (κ2) is 4.74. The molecule has 3 rings (SSSR count). The summed E-state index contributed by atoms with van der Waals surface area (Å²) in [6.45, 7) is 2.91. The van der Waals surface area contributed by atoms with Crippen molar-refractivity contribution >= 4 is 16.6 Å². The molecular formula is C14H15N3O. The zero-order valence-electron chi connectivity index (χ0n) is 10.1. The van der Waals surface area contributed by atoms with Crippen LogP contribution < -0.4 is 0 Å². The lowest BCUT2D eigenvalue weighted by atomic mass is 10.1. The standard InChI is InChI=1S/C14H15N3O/c15-14(17-7-9-18-10-8-17)13-12-4-2-1-3-11(12)5-6-16-13/h1-6,15H,7-10H2. The first-order valence-electron chi connectivity index (χ1n) is 6.11. The maximum Gasteiger partial charge on any atom is 0.147 e. The molecule has 18 heavy (non-hydrogen) atoms. The smallest absolute Gasteiger partial charge is 0.147 e. The van der Waals surface area contributed by atoms with Crippen molar-refractivity contribution in [3.8, 4) is 0 Å². The Kier molecular flexibility index (Phi) is 2.94. The molecule has 0 saturated carbocycles. The minimum atomic E-state index is 0.495. The van der Waals surface area contributed by atoms with Crippen molar-refractivity contribution in [2.75, 3.05) is 26.3 Å². The summed E-state index contributed by atoms with van der Waals surface area (Å²) in [7, 11) is 0. The van der Waals surface area contributed by atoms with E-state index in [1.54, 1.807) is 6.20 Å². The van der Waals surface area contributed by atoms with E-state index in [2.05, 4.69) is 4.98 Å². The molecule has 0 bridgehead atoms. The van der Waals surface area contributed by atoms with Gasteiger partial charge >= 0.3 is 0 Å². The lowest BCUT2D eigenvalue weighted by molar-refractivity contribution is 0.0679. The number of ether oxygens (including phenoxy) is 1. The SMILES string of the molecule is N=C(c1nccc2ccccc12)N1CCOCC1. The molecule has 1 aliphatic heterocycles. The Morgan fingerprint density at radius 2 is 1.94 bits per heavy atom. The van der Waals surface area contributed by atoms with E-state index in [0.29, 0.717) is 19.0 Å². The Hall–Kier alpha value is -1.94. The lowest BCUT2D eigenvalue weighted by Crippen LogP contribution is -2.41. The van der Waals surface area contributed by atoms with E-state index in [1.165, 1.54) is 0 Å². The van der Waals surface area contributed by atoms with Crippen LogP contribution in [0.25, 0.3) is 10.8 Å². The molecule has 0 radical (unpaired) electrons. The van der Waals surface area contributed by atoms with Crippen LogP contribution in [0, 0.1) is 5.41 Å². The van der Waals surface area contributed by atoms with Gasteiger partial charge in [-0.05, 0) is 11.5 Å². The van der Waals surface area contributed by atoms with Crippen molar-refractivity contribution in [3.63, 3.8) is 0 Å². The first-order chi connectivity index (χ1) is 8.86. The predicted molar refractivity (Wildman–Crippen MR) is 71.0 cm³/mol. The van der Waals surface area contributed by atoms with Gasteiger partial charge < -0.3 is 9.64 Å². The van der Waals surface area contributed by atoms with Gasteiger partial charge in [-0.15, -0.1) is 0 Å². The summed E-state index contributed by atoms with van der Waals surface area (Å²) in [5.41, 5.74) is 0.759. The molecule has 1 saturated heterocycles. The molecule has 1 aromatic heterocycles. The zero-order chi connectivity index (χ0) is 12.4. The quantitative estimate of drug-likeness (QED) is 0.612. The Morgan fingerprint density at radius 1 is 1.17 bits per heavy atom. The van der Waals surface area contributed by atoms with Gasteiger partial charge in [0.2, 0.25) is 0 Å². The Balaban J connectivity index is 2.00. The normalized spacial score (nSPS) is 15.9. The van der Waals surface area contributed by atoms with Crippen LogP contribution >= 0.6 is 0 Å². The van der Waals surface area contributed by atoms with Gasteiger partial charge in [0, 0.05) is 24.7 Å². The van der Waals surface area contributed by atoms with Crippen molar-refractivity contribution in [2.24, 2.45) is 0 Å². The topological polar surface area (TPSA) is 49.2 Å². The van der Waals surface area contributed by atoms with Crippen molar-refractivity contribution in [1.82, 2.24) is 9.88 Å². The average Bonchev–Trinajstić information content (AvgIpc) is 2.47. The number of morpholine rings is 1. The summed E-state index contributed by atoms with van der Waals surface area (Å²) < 4.78 is 5.31. The first kappa shape index (κ1) is 11.2. The molecule has 92 valence electrons. The predicted octanol–water partition coefficient (Wildman–Crippen LogP) is 1.89. The molecule has 0 atom stereocenters. The third kappa shape index (κ3) is 1.95. The fourth-order valence-corrected chi connectivity index (χ4v) is 2.25. The number of nitrogens with one attached hydrogen (secondary N) is 1. The van der Waals surface area contributed by atoms with Crippen molar-refractivity contribution in [3.05, 3.63) is 42.2 Å². The monoisotopic (exact) mass is 241 g/mol. The largest absolute Gasteiger partial charge is 0.378 e. The molecule has 0 amide bonds. The summed E-state index contributed by atoms with van der Waals surface area (Å²) in [6, 6.07) is 10.0. The number of nitrogens with zero attached hydrogens (tertiary/aromatic N) is 2. The lowest BCUT2D eigenvalue weighted by Gasteiger charge is -2.28.